The number of esters is 1. The van der Waals surface area contributed by atoms with Gasteiger partial charge in [-0.25, -0.2) is 4.79 Å². The predicted octanol–water partition coefficient (Wildman–Crippen LogP) is 3.24. The van der Waals surface area contributed by atoms with Crippen LogP contribution in [0.2, 0.25) is 0 Å². The van der Waals surface area contributed by atoms with Crippen molar-refractivity contribution < 1.29 is 9.53 Å². The summed E-state index contributed by atoms with van der Waals surface area (Å²) in [4.78, 5) is 14.1. The van der Waals surface area contributed by atoms with Crippen molar-refractivity contribution >= 4 is 27.6 Å². The second kappa shape index (κ2) is 6.76. The van der Waals surface area contributed by atoms with Crippen molar-refractivity contribution in [3.05, 3.63) is 28.2 Å². The third-order valence-electron chi connectivity index (χ3n) is 3.45. The molecule has 1 saturated heterocycles. The number of carbonyl (C=O) groups is 1. The van der Waals surface area contributed by atoms with Gasteiger partial charge in [0.25, 0.3) is 0 Å². The molecule has 1 fully saturated rings. The summed E-state index contributed by atoms with van der Waals surface area (Å²) < 4.78 is 6.02. The van der Waals surface area contributed by atoms with Gasteiger partial charge in [-0.2, -0.15) is 5.26 Å². The molecule has 106 valence electrons. The molecule has 0 saturated carbocycles. The molecule has 0 aliphatic carbocycles. The number of hydrogen-bond donors (Lipinski definition) is 0. The zero-order chi connectivity index (χ0) is 14.5. The van der Waals surface area contributed by atoms with Gasteiger partial charge in [0.1, 0.15) is 12.1 Å². The third-order valence-corrected chi connectivity index (χ3v) is 3.94. The van der Waals surface area contributed by atoms with Gasteiger partial charge in [-0.3, -0.25) is 0 Å². The maximum atomic E-state index is 12.1. The van der Waals surface area contributed by atoms with Crippen LogP contribution < -0.4 is 4.90 Å². The lowest BCUT2D eigenvalue weighted by molar-refractivity contribution is -0.145. The molecular weight excluding hydrogens is 320 g/mol. The van der Waals surface area contributed by atoms with Crippen molar-refractivity contribution in [2.24, 2.45) is 0 Å². The number of ether oxygens (including phenoxy) is 1. The number of anilines is 1. The fourth-order valence-corrected chi connectivity index (χ4v) is 2.91. The molecule has 1 aliphatic heterocycles. The Morgan fingerprint density at radius 2 is 2.35 bits per heavy atom. The monoisotopic (exact) mass is 336 g/mol. The SMILES string of the molecule is CCOC(=O)C1CCCCN1c1ccc(Br)cc1C#N. The number of piperidine rings is 1. The lowest BCUT2D eigenvalue weighted by atomic mass is 10.00. The molecule has 1 unspecified atom stereocenters. The van der Waals surface area contributed by atoms with Crippen LogP contribution in [0, 0.1) is 11.3 Å². The number of halogens is 1. The highest BCUT2D eigenvalue weighted by atomic mass is 79.9. The van der Waals surface area contributed by atoms with Gasteiger partial charge in [0.15, 0.2) is 0 Å². The van der Waals surface area contributed by atoms with Crippen molar-refractivity contribution in [3.8, 4) is 6.07 Å². The minimum absolute atomic E-state index is 0.195. The van der Waals surface area contributed by atoms with Crippen LogP contribution in [0.4, 0.5) is 5.69 Å². The van der Waals surface area contributed by atoms with Crippen molar-refractivity contribution in [2.75, 3.05) is 18.1 Å². The van der Waals surface area contributed by atoms with E-state index in [1.807, 2.05) is 24.0 Å². The highest BCUT2D eigenvalue weighted by Crippen LogP contribution is 2.30. The number of nitrogens with zero attached hydrogens (tertiary/aromatic N) is 2. The molecule has 1 atom stereocenters. The normalized spacial score (nSPS) is 18.4. The third kappa shape index (κ3) is 3.13. The van der Waals surface area contributed by atoms with E-state index in [9.17, 15) is 10.1 Å². The maximum absolute atomic E-state index is 12.1. The fraction of sp³-hybridized carbons (Fsp3) is 0.467. The standard InChI is InChI=1S/C15H17BrN2O2/c1-2-20-15(19)14-5-3-4-8-18(14)13-7-6-12(16)9-11(13)10-17/h6-7,9,14H,2-5,8H2,1H3. The zero-order valence-corrected chi connectivity index (χ0v) is 13.0. The van der Waals surface area contributed by atoms with E-state index < -0.39 is 0 Å². The Morgan fingerprint density at radius 1 is 1.55 bits per heavy atom. The smallest absolute Gasteiger partial charge is 0.328 e. The van der Waals surface area contributed by atoms with Crippen LogP contribution in [0.3, 0.4) is 0 Å². The Balaban J connectivity index is 2.33. The van der Waals surface area contributed by atoms with Gasteiger partial charge in [-0.05, 0) is 44.4 Å². The maximum Gasteiger partial charge on any atom is 0.328 e. The molecule has 1 aliphatic rings. The first kappa shape index (κ1) is 14.9. The van der Waals surface area contributed by atoms with Crippen LogP contribution in [0.25, 0.3) is 0 Å². The molecule has 1 aromatic rings. The van der Waals surface area contributed by atoms with E-state index >= 15 is 0 Å². The molecule has 4 nitrogen and oxygen atoms in total. The van der Waals surface area contributed by atoms with Crippen molar-refractivity contribution in [1.29, 1.82) is 5.26 Å². The van der Waals surface area contributed by atoms with Crippen LogP contribution in [0.15, 0.2) is 22.7 Å². The van der Waals surface area contributed by atoms with Gasteiger partial charge in [0.2, 0.25) is 0 Å². The summed E-state index contributed by atoms with van der Waals surface area (Å²) in [6.07, 6.45) is 2.81. The van der Waals surface area contributed by atoms with E-state index in [1.54, 1.807) is 6.07 Å². The first-order valence-corrected chi connectivity index (χ1v) is 7.59. The quantitative estimate of drug-likeness (QED) is 0.795. The van der Waals surface area contributed by atoms with Gasteiger partial charge in [0, 0.05) is 11.0 Å². The number of hydrogen-bond acceptors (Lipinski definition) is 4. The van der Waals surface area contributed by atoms with Crippen LogP contribution in [-0.4, -0.2) is 25.2 Å². The second-order valence-electron chi connectivity index (χ2n) is 4.73. The molecule has 1 heterocycles. The van der Waals surface area contributed by atoms with Gasteiger partial charge in [-0.1, -0.05) is 15.9 Å². The molecule has 1 aromatic carbocycles. The summed E-state index contributed by atoms with van der Waals surface area (Å²) in [5, 5.41) is 9.29. The van der Waals surface area contributed by atoms with Gasteiger partial charge < -0.3 is 9.64 Å². The lowest BCUT2D eigenvalue weighted by Gasteiger charge is -2.36. The lowest BCUT2D eigenvalue weighted by Crippen LogP contribution is -2.46. The van der Waals surface area contributed by atoms with Crippen LogP contribution in [-0.2, 0) is 9.53 Å². The summed E-state index contributed by atoms with van der Waals surface area (Å²) >= 11 is 3.37. The van der Waals surface area contributed by atoms with E-state index in [2.05, 4.69) is 22.0 Å². The molecule has 0 spiro atoms. The molecule has 0 radical (unpaired) electrons. The Labute approximate surface area is 127 Å². The minimum atomic E-state index is -0.281. The Bertz CT molecular complexity index is 539. The number of rotatable bonds is 3. The van der Waals surface area contributed by atoms with Crippen LogP contribution in [0.5, 0.6) is 0 Å². The summed E-state index contributed by atoms with van der Waals surface area (Å²) in [7, 11) is 0. The Kier molecular flexibility index (Phi) is 5.02. The van der Waals surface area contributed by atoms with Crippen LogP contribution >= 0.6 is 15.9 Å². The van der Waals surface area contributed by atoms with Gasteiger partial charge >= 0.3 is 5.97 Å². The van der Waals surface area contributed by atoms with Gasteiger partial charge in [0.05, 0.1) is 17.9 Å². The highest BCUT2D eigenvalue weighted by molar-refractivity contribution is 9.10. The Morgan fingerprint density at radius 3 is 3.05 bits per heavy atom. The average molecular weight is 337 g/mol. The van der Waals surface area contributed by atoms with Crippen molar-refractivity contribution in [1.82, 2.24) is 0 Å². The molecule has 20 heavy (non-hydrogen) atoms. The molecule has 0 amide bonds. The first-order valence-electron chi connectivity index (χ1n) is 6.80. The molecule has 0 bridgehead atoms. The second-order valence-corrected chi connectivity index (χ2v) is 5.65. The summed E-state index contributed by atoms with van der Waals surface area (Å²) in [6.45, 7) is 2.97. The predicted molar refractivity (Wildman–Crippen MR) is 80.5 cm³/mol. The molecule has 5 heteroatoms. The minimum Gasteiger partial charge on any atom is -0.464 e. The first-order chi connectivity index (χ1) is 9.67. The summed E-state index contributed by atoms with van der Waals surface area (Å²) in [6, 6.07) is 7.49. The molecule has 0 aromatic heterocycles. The average Bonchev–Trinajstić information content (AvgIpc) is 2.47. The van der Waals surface area contributed by atoms with E-state index in [4.69, 9.17) is 4.74 Å². The Hall–Kier alpha value is -1.54. The molecule has 0 N–H and O–H groups in total. The highest BCUT2D eigenvalue weighted by Gasteiger charge is 2.31. The summed E-state index contributed by atoms with van der Waals surface area (Å²) in [5.74, 6) is -0.195. The molecular formula is C15H17BrN2O2. The van der Waals surface area contributed by atoms with E-state index in [-0.39, 0.29) is 12.0 Å². The zero-order valence-electron chi connectivity index (χ0n) is 11.4. The summed E-state index contributed by atoms with van der Waals surface area (Å²) in [5.41, 5.74) is 1.39. The number of benzene rings is 1. The molecule has 2 rings (SSSR count). The van der Waals surface area contributed by atoms with E-state index in [1.165, 1.54) is 0 Å². The van der Waals surface area contributed by atoms with Crippen molar-refractivity contribution in [2.45, 2.75) is 32.2 Å². The van der Waals surface area contributed by atoms with E-state index in [0.29, 0.717) is 12.2 Å². The number of carbonyl (C=O) groups excluding carboxylic acids is 1. The van der Waals surface area contributed by atoms with Crippen LogP contribution in [0.1, 0.15) is 31.7 Å². The largest absolute Gasteiger partial charge is 0.464 e. The van der Waals surface area contributed by atoms with E-state index in [0.717, 1.165) is 36.0 Å². The van der Waals surface area contributed by atoms with Gasteiger partial charge in [-0.15, -0.1) is 0 Å². The topological polar surface area (TPSA) is 53.3 Å². The fourth-order valence-electron chi connectivity index (χ4n) is 2.55. The number of nitriles is 1. The van der Waals surface area contributed by atoms with Crippen molar-refractivity contribution in [3.63, 3.8) is 0 Å².